The molecule has 2 aliphatic carbocycles. The van der Waals surface area contributed by atoms with E-state index in [1.807, 2.05) is 0 Å². The third kappa shape index (κ3) is 6.11. The van der Waals surface area contributed by atoms with Crippen LogP contribution in [0.4, 0.5) is 0 Å². The summed E-state index contributed by atoms with van der Waals surface area (Å²) in [6, 6.07) is 3.28. The van der Waals surface area contributed by atoms with Gasteiger partial charge in [0.2, 0.25) is 0 Å². The van der Waals surface area contributed by atoms with E-state index in [2.05, 4.69) is 53.7 Å². The van der Waals surface area contributed by atoms with E-state index >= 15 is 0 Å². The average Bonchev–Trinajstić information content (AvgIpc) is 3.16. The topological polar surface area (TPSA) is 0 Å². The van der Waals surface area contributed by atoms with Crippen molar-refractivity contribution in [3.05, 3.63) is 41.0 Å². The van der Waals surface area contributed by atoms with Crippen LogP contribution in [-0.4, -0.2) is 9.52 Å². The van der Waals surface area contributed by atoms with Crippen molar-refractivity contribution >= 4 is 9.52 Å². The van der Waals surface area contributed by atoms with Crippen molar-refractivity contribution in [3.63, 3.8) is 0 Å². The summed E-state index contributed by atoms with van der Waals surface area (Å²) in [7, 11) is 0.543. The van der Waals surface area contributed by atoms with E-state index in [0.717, 1.165) is 0 Å². The Balaban J connectivity index is 0.000000652. The van der Waals surface area contributed by atoms with E-state index in [0.29, 0.717) is 21.4 Å². The molecule has 3 rings (SSSR count). The molecule has 0 radical (unpaired) electrons. The predicted octanol–water partition coefficient (Wildman–Crippen LogP) is -0.397. The van der Waals surface area contributed by atoms with Crippen molar-refractivity contribution < 1.29 is 48.0 Å². The van der Waals surface area contributed by atoms with Crippen LogP contribution in [-0.2, 0) is 23.2 Å². The fraction of sp³-hybridized carbons (Fsp3) is 0.600. The van der Waals surface area contributed by atoms with Gasteiger partial charge in [0.1, 0.15) is 0 Å². The molecule has 4 heteroatoms. The maximum atomic E-state index is 2.45. The van der Waals surface area contributed by atoms with E-state index in [1.54, 1.807) is 42.6 Å². The van der Waals surface area contributed by atoms with Gasteiger partial charge in [-0.1, -0.05) is 24.9 Å². The molecule has 2 atom stereocenters. The summed E-state index contributed by atoms with van der Waals surface area (Å²) in [5.41, 5.74) is 6.23. The molecule has 0 aromatic heterocycles. The van der Waals surface area contributed by atoms with Gasteiger partial charge in [-0.25, -0.2) is 0 Å². The molecule has 0 nitrogen and oxygen atoms in total. The summed E-state index contributed by atoms with van der Waals surface area (Å²) >= 11 is -0.548. The van der Waals surface area contributed by atoms with Crippen LogP contribution in [0.1, 0.15) is 54.4 Å². The molecular formula is C20H32Cl2SiZr. The Morgan fingerprint density at radius 3 is 1.38 bits per heavy atom. The number of hydrogen-bond acceptors (Lipinski definition) is 0. The van der Waals surface area contributed by atoms with Crippen LogP contribution in [0, 0.1) is 11.8 Å². The average molecular weight is 463 g/mol. The minimum absolute atomic E-state index is 0. The van der Waals surface area contributed by atoms with Gasteiger partial charge in [-0.2, -0.15) is 0 Å². The zero-order valence-corrected chi connectivity index (χ0v) is 21.5. The zero-order valence-electron chi connectivity index (χ0n) is 16.1. The van der Waals surface area contributed by atoms with Crippen LogP contribution in [0.15, 0.2) is 41.0 Å². The minimum atomic E-state index is -0.548. The molecule has 0 aromatic rings. The van der Waals surface area contributed by atoms with Crippen molar-refractivity contribution in [2.45, 2.75) is 66.5 Å². The van der Waals surface area contributed by atoms with Gasteiger partial charge >= 0.3 is 118 Å². The molecule has 134 valence electrons. The van der Waals surface area contributed by atoms with Crippen LogP contribution >= 0.6 is 0 Å². The summed E-state index contributed by atoms with van der Waals surface area (Å²) in [4.78, 5) is 0. The molecule has 3 aliphatic rings. The van der Waals surface area contributed by atoms with E-state index in [9.17, 15) is 0 Å². The smallest absolute Gasteiger partial charge is 1.00 e. The minimum Gasteiger partial charge on any atom is -1.00 e. The van der Waals surface area contributed by atoms with E-state index in [-0.39, 0.29) is 24.8 Å². The van der Waals surface area contributed by atoms with Crippen molar-refractivity contribution in [3.8, 4) is 0 Å². The maximum absolute atomic E-state index is 2.45. The van der Waals surface area contributed by atoms with E-state index in [1.165, 1.54) is 11.1 Å². The molecule has 2 unspecified atom stereocenters. The fourth-order valence-electron chi connectivity index (χ4n) is 3.72. The molecule has 0 amide bonds. The zero-order chi connectivity index (χ0) is 16.3. The Morgan fingerprint density at radius 2 is 1.17 bits per heavy atom. The molecule has 0 bridgehead atoms. The van der Waals surface area contributed by atoms with Crippen molar-refractivity contribution in [2.24, 2.45) is 11.8 Å². The summed E-state index contributed by atoms with van der Waals surface area (Å²) in [6.45, 7) is 13.9. The van der Waals surface area contributed by atoms with Gasteiger partial charge in [0.05, 0.1) is 0 Å². The Bertz CT molecular complexity index is 502. The molecule has 24 heavy (non-hydrogen) atoms. The van der Waals surface area contributed by atoms with Crippen LogP contribution in [0.2, 0.25) is 12.1 Å². The van der Waals surface area contributed by atoms with Gasteiger partial charge < -0.3 is 24.8 Å². The van der Waals surface area contributed by atoms with Crippen LogP contribution in [0.25, 0.3) is 0 Å². The quantitative estimate of drug-likeness (QED) is 0.490. The molecule has 0 saturated carbocycles. The number of allylic oxidation sites excluding steroid dienone is 8. The van der Waals surface area contributed by atoms with E-state index in [4.69, 9.17) is 0 Å². The van der Waals surface area contributed by atoms with E-state index < -0.39 is 23.2 Å². The third-order valence-electron chi connectivity index (χ3n) is 5.42. The Morgan fingerprint density at radius 1 is 0.792 bits per heavy atom. The van der Waals surface area contributed by atoms with Gasteiger partial charge in [-0.3, -0.25) is 0 Å². The number of hydrogen-bond donors (Lipinski definition) is 0. The summed E-state index contributed by atoms with van der Waals surface area (Å²) in [5.74, 6) is 1.41. The monoisotopic (exact) mass is 460 g/mol. The summed E-state index contributed by atoms with van der Waals surface area (Å²) in [6.07, 6.45) is 8.01. The predicted molar refractivity (Wildman–Crippen MR) is 98.6 cm³/mol. The molecule has 0 spiro atoms. The standard InChI is InChI=1S/2C8H11.C4H10Si.2ClH.Zr/c2*1-6-4-7(2)8(3)5-6;1-2-4-5-3-1;;;/h2*4,6H,1-3H3;1-5H2;2*1H;/q;;;;;+2/p-2. The van der Waals surface area contributed by atoms with Crippen molar-refractivity contribution in [2.75, 3.05) is 0 Å². The van der Waals surface area contributed by atoms with Gasteiger partial charge in [0.15, 0.2) is 0 Å². The number of halogens is 2. The molecule has 1 fully saturated rings. The molecular weight excluding hydrogens is 430 g/mol. The Hall–Kier alpha value is 0.640. The largest absolute Gasteiger partial charge is 1.00 e. The van der Waals surface area contributed by atoms with Gasteiger partial charge in [-0.05, 0) is 0 Å². The maximum Gasteiger partial charge on any atom is -1.00 e. The first-order valence-corrected chi connectivity index (χ1v) is 13.4. The second kappa shape index (κ2) is 11.4. The Kier molecular flexibility index (Phi) is 11.7. The first-order valence-electron chi connectivity index (χ1n) is 8.98. The van der Waals surface area contributed by atoms with Crippen LogP contribution in [0.5, 0.6) is 0 Å². The van der Waals surface area contributed by atoms with Crippen LogP contribution < -0.4 is 24.8 Å². The molecule has 1 saturated heterocycles. The second-order valence-corrected chi connectivity index (χ2v) is 12.6. The first kappa shape index (κ1) is 24.6. The van der Waals surface area contributed by atoms with Crippen LogP contribution in [0.3, 0.4) is 0 Å². The summed E-state index contributed by atoms with van der Waals surface area (Å²) in [5, 5.41) is 0. The molecule has 0 N–H and O–H groups in total. The number of rotatable bonds is 2. The van der Waals surface area contributed by atoms with Crippen molar-refractivity contribution in [1.29, 1.82) is 0 Å². The summed E-state index contributed by atoms with van der Waals surface area (Å²) < 4.78 is 3.60. The SMILES string of the molecule is C1CC[SiH2]C1.CC1=CC(C)[C]([Zr+2][C]2=C(C)C(C)=CC2C)=C1C.[Cl-].[Cl-]. The third-order valence-corrected chi connectivity index (χ3v) is 12.8. The molecule has 1 heterocycles. The van der Waals surface area contributed by atoms with Gasteiger partial charge in [0.25, 0.3) is 0 Å². The van der Waals surface area contributed by atoms with Gasteiger partial charge in [-0.15, -0.1) is 0 Å². The van der Waals surface area contributed by atoms with Crippen molar-refractivity contribution in [1.82, 2.24) is 0 Å². The normalized spacial score (nSPS) is 25.2. The Labute approximate surface area is 175 Å². The second-order valence-electron chi connectivity index (χ2n) is 7.25. The van der Waals surface area contributed by atoms with Gasteiger partial charge in [0, 0.05) is 9.52 Å². The molecule has 1 aliphatic heterocycles. The molecule has 0 aromatic carbocycles. The fourth-order valence-corrected chi connectivity index (χ4v) is 9.62. The first-order chi connectivity index (χ1) is 10.4.